The monoisotopic (exact) mass is 354 g/mol. The Kier molecular flexibility index (Phi) is 4.93. The van der Waals surface area contributed by atoms with E-state index in [9.17, 15) is 4.79 Å². The van der Waals surface area contributed by atoms with Crippen molar-refractivity contribution in [3.05, 3.63) is 72.4 Å². The number of rotatable bonds is 3. The van der Waals surface area contributed by atoms with Gasteiger partial charge in [-0.15, -0.1) is 12.6 Å². The van der Waals surface area contributed by atoms with E-state index in [1.807, 2.05) is 60.7 Å². The summed E-state index contributed by atoms with van der Waals surface area (Å²) in [4.78, 5) is 12.2. The van der Waals surface area contributed by atoms with Crippen LogP contribution in [0.4, 0.5) is 0 Å². The van der Waals surface area contributed by atoms with E-state index >= 15 is 0 Å². The van der Waals surface area contributed by atoms with Crippen LogP contribution < -0.4 is 10.9 Å². The van der Waals surface area contributed by atoms with Crippen LogP contribution in [-0.4, -0.2) is 20.0 Å². The molecule has 0 saturated heterocycles. The predicted molar refractivity (Wildman–Crippen MR) is 101 cm³/mol. The smallest absolute Gasteiger partial charge is 0.283 e. The van der Waals surface area contributed by atoms with Gasteiger partial charge in [0.2, 0.25) is 0 Å². The molecule has 7 heteroatoms. The molecule has 1 heterocycles. The van der Waals surface area contributed by atoms with Crippen LogP contribution in [0.3, 0.4) is 0 Å². The van der Waals surface area contributed by atoms with Crippen LogP contribution in [0.25, 0.3) is 16.9 Å². The third kappa shape index (κ3) is 3.64. The molecule has 2 aromatic carbocycles. The summed E-state index contributed by atoms with van der Waals surface area (Å²) in [5, 5.41) is 4.43. The van der Waals surface area contributed by atoms with Gasteiger partial charge >= 0.3 is 0 Å². The molecular weight excluding hydrogens is 340 g/mol. The first kappa shape index (κ1) is 16.2. The molecule has 0 unspecified atom stereocenters. The van der Waals surface area contributed by atoms with Crippen molar-refractivity contribution >= 4 is 35.1 Å². The van der Waals surface area contributed by atoms with Gasteiger partial charge in [-0.05, 0) is 18.2 Å². The predicted octanol–water partition coefficient (Wildman–Crippen LogP) is 2.99. The van der Waals surface area contributed by atoms with Crippen molar-refractivity contribution in [2.75, 3.05) is 0 Å². The third-order valence-electron chi connectivity index (χ3n) is 3.30. The molecule has 2 N–H and O–H groups in total. The van der Waals surface area contributed by atoms with E-state index in [1.54, 1.807) is 10.7 Å². The number of nitrogens with zero attached hydrogens (tertiary/aromatic N) is 2. The number of aromatic nitrogens is 2. The molecule has 0 atom stereocenters. The van der Waals surface area contributed by atoms with Crippen molar-refractivity contribution in [3.8, 4) is 16.9 Å². The van der Waals surface area contributed by atoms with E-state index in [4.69, 9.17) is 12.2 Å². The molecule has 0 fully saturated rings. The molecule has 0 aliphatic rings. The van der Waals surface area contributed by atoms with E-state index in [0.717, 1.165) is 16.9 Å². The largest absolute Gasteiger partial charge is 0.290 e. The highest BCUT2D eigenvalue weighted by atomic mass is 32.1. The van der Waals surface area contributed by atoms with Gasteiger partial charge in [0.05, 0.1) is 11.4 Å². The third-order valence-corrected chi connectivity index (χ3v) is 3.51. The first-order valence-electron chi connectivity index (χ1n) is 7.15. The first-order valence-corrected chi connectivity index (χ1v) is 8.01. The number of thiocarbonyl (C=S) groups is 1. The van der Waals surface area contributed by atoms with Gasteiger partial charge in [-0.2, -0.15) is 5.10 Å². The van der Waals surface area contributed by atoms with Crippen molar-refractivity contribution < 1.29 is 4.79 Å². The molecule has 1 amide bonds. The summed E-state index contributed by atoms with van der Waals surface area (Å²) in [5.74, 6) is -0.390. The van der Waals surface area contributed by atoms with Crippen LogP contribution in [0.1, 0.15) is 10.5 Å². The average Bonchev–Trinajstić information content (AvgIpc) is 3.06. The number of carbonyl (C=O) groups is 1. The zero-order valence-electron chi connectivity index (χ0n) is 12.5. The minimum atomic E-state index is -0.390. The fraction of sp³-hybridized carbons (Fsp3) is 0. The van der Waals surface area contributed by atoms with Crippen LogP contribution in [0.2, 0.25) is 0 Å². The maximum Gasteiger partial charge on any atom is 0.290 e. The Morgan fingerprint density at radius 2 is 1.62 bits per heavy atom. The lowest BCUT2D eigenvalue weighted by molar-refractivity contribution is 0.0939. The van der Waals surface area contributed by atoms with E-state index in [-0.39, 0.29) is 10.0 Å². The normalized spacial score (nSPS) is 10.2. The molecular formula is C17H14N4OS2. The number of para-hydroxylation sites is 1. The topological polar surface area (TPSA) is 59.0 Å². The zero-order chi connectivity index (χ0) is 16.9. The second-order valence-electron chi connectivity index (χ2n) is 4.91. The second kappa shape index (κ2) is 7.29. The Balaban J connectivity index is 2.03. The number of carbonyl (C=O) groups excluding carboxylic acids is 1. The highest BCUT2D eigenvalue weighted by Gasteiger charge is 2.16. The molecule has 0 radical (unpaired) electrons. The van der Waals surface area contributed by atoms with Gasteiger partial charge in [0.1, 0.15) is 4.32 Å². The summed E-state index contributed by atoms with van der Waals surface area (Å²) in [6.45, 7) is 0. The van der Waals surface area contributed by atoms with Crippen molar-refractivity contribution in [1.82, 2.24) is 20.6 Å². The molecule has 120 valence electrons. The summed E-state index contributed by atoms with van der Waals surface area (Å²) < 4.78 is 1.91. The average molecular weight is 354 g/mol. The van der Waals surface area contributed by atoms with Gasteiger partial charge in [-0.25, -0.2) is 4.68 Å². The highest BCUT2D eigenvalue weighted by molar-refractivity contribution is 8.11. The van der Waals surface area contributed by atoms with Gasteiger partial charge in [0.15, 0.2) is 5.69 Å². The Morgan fingerprint density at radius 3 is 2.25 bits per heavy atom. The minimum Gasteiger partial charge on any atom is -0.283 e. The molecule has 1 aromatic heterocycles. The van der Waals surface area contributed by atoms with Crippen LogP contribution in [0, 0.1) is 0 Å². The van der Waals surface area contributed by atoms with Gasteiger partial charge in [0, 0.05) is 5.56 Å². The molecule has 3 aromatic rings. The van der Waals surface area contributed by atoms with Crippen molar-refractivity contribution in [2.45, 2.75) is 0 Å². The van der Waals surface area contributed by atoms with Crippen molar-refractivity contribution in [2.24, 2.45) is 0 Å². The Morgan fingerprint density at radius 1 is 1.00 bits per heavy atom. The van der Waals surface area contributed by atoms with E-state index in [0.29, 0.717) is 0 Å². The fourth-order valence-electron chi connectivity index (χ4n) is 2.25. The summed E-state index contributed by atoms with van der Waals surface area (Å²) in [7, 11) is 0. The van der Waals surface area contributed by atoms with Gasteiger partial charge in [-0.3, -0.25) is 15.6 Å². The minimum absolute atomic E-state index is 0.175. The molecule has 0 saturated carbocycles. The lowest BCUT2D eigenvalue weighted by Crippen LogP contribution is -2.39. The number of hydrogen-bond donors (Lipinski definition) is 3. The van der Waals surface area contributed by atoms with Crippen molar-refractivity contribution in [3.63, 3.8) is 0 Å². The Labute approximate surface area is 150 Å². The SMILES string of the molecule is O=C(NNC(=S)S)c1cc(-c2ccccc2)n(-c2ccccc2)n1. The molecule has 0 bridgehead atoms. The number of hydrazine groups is 1. The van der Waals surface area contributed by atoms with E-state index in [1.165, 1.54) is 0 Å². The van der Waals surface area contributed by atoms with Gasteiger partial charge in [-0.1, -0.05) is 60.7 Å². The molecule has 0 aliphatic heterocycles. The summed E-state index contributed by atoms with van der Waals surface area (Å²) in [6.07, 6.45) is 0. The number of thiol groups is 1. The molecule has 24 heavy (non-hydrogen) atoms. The van der Waals surface area contributed by atoms with Crippen LogP contribution >= 0.6 is 24.8 Å². The summed E-state index contributed by atoms with van der Waals surface area (Å²) in [6, 6.07) is 21.2. The molecule has 0 spiro atoms. The second-order valence-corrected chi connectivity index (χ2v) is 6.07. The standard InChI is InChI=1S/C17H14N4OS2/c22-16(18-19-17(23)24)14-11-15(12-7-3-1-4-8-12)21(20-14)13-9-5-2-6-10-13/h1-11H,(H,18,22)(H2,19,23,24). The summed E-state index contributed by atoms with van der Waals surface area (Å²) >= 11 is 8.67. The van der Waals surface area contributed by atoms with Gasteiger partial charge in [0.25, 0.3) is 5.91 Å². The zero-order valence-corrected chi connectivity index (χ0v) is 14.2. The Hall–Kier alpha value is -2.64. The van der Waals surface area contributed by atoms with Crippen molar-refractivity contribution in [1.29, 1.82) is 0 Å². The highest BCUT2D eigenvalue weighted by Crippen LogP contribution is 2.23. The molecule has 0 aliphatic carbocycles. The van der Waals surface area contributed by atoms with E-state index in [2.05, 4.69) is 28.6 Å². The number of amides is 1. The summed E-state index contributed by atoms with van der Waals surface area (Å²) in [5.41, 5.74) is 7.88. The molecule has 3 rings (SSSR count). The number of hydrogen-bond acceptors (Lipinski definition) is 3. The number of nitrogens with one attached hydrogen (secondary N) is 2. The fourth-order valence-corrected chi connectivity index (χ4v) is 2.35. The lowest BCUT2D eigenvalue weighted by Gasteiger charge is -2.07. The van der Waals surface area contributed by atoms with Crippen LogP contribution in [0.5, 0.6) is 0 Å². The van der Waals surface area contributed by atoms with Gasteiger partial charge < -0.3 is 0 Å². The van der Waals surface area contributed by atoms with E-state index < -0.39 is 5.91 Å². The van der Waals surface area contributed by atoms with Crippen LogP contribution in [0.15, 0.2) is 66.7 Å². The number of benzene rings is 2. The maximum atomic E-state index is 12.2. The first-order chi connectivity index (χ1) is 11.6. The quantitative estimate of drug-likeness (QED) is 0.384. The lowest BCUT2D eigenvalue weighted by atomic mass is 10.1. The maximum absolute atomic E-state index is 12.2. The van der Waals surface area contributed by atoms with Crippen LogP contribution in [-0.2, 0) is 0 Å². The Bertz CT molecular complexity index is 806. The molecule has 5 nitrogen and oxygen atoms in total.